The molecule has 1 aromatic heterocycles. The Morgan fingerprint density at radius 3 is 2.31 bits per heavy atom. The largest absolute Gasteiger partial charge is 0.507 e. The van der Waals surface area contributed by atoms with Crippen molar-refractivity contribution in [3.8, 4) is 5.75 Å². The van der Waals surface area contributed by atoms with E-state index >= 15 is 0 Å². The standard InChI is InChI=1S/C25H21ClN2O4/c1-15(2)32-19-12-8-17(9-13-19)23(29)21-22(16-6-10-18(26)11-7-16)28(25(31)24(21)30)20-5-3-4-14-27-20/h3-15,22,29H,1-2H3/b23-21+. The van der Waals surface area contributed by atoms with Gasteiger partial charge in [-0.15, -0.1) is 0 Å². The number of carbonyl (C=O) groups excluding carboxylic acids is 2. The van der Waals surface area contributed by atoms with Crippen LogP contribution in [0.3, 0.4) is 0 Å². The minimum absolute atomic E-state index is 0.00282. The Bertz CT molecular complexity index is 1170. The fourth-order valence-corrected chi connectivity index (χ4v) is 3.77. The topological polar surface area (TPSA) is 79.7 Å². The lowest BCUT2D eigenvalue weighted by molar-refractivity contribution is -0.132. The first kappa shape index (κ1) is 21.6. The minimum atomic E-state index is -0.853. The Kier molecular flexibility index (Phi) is 5.97. The highest BCUT2D eigenvalue weighted by atomic mass is 35.5. The number of aliphatic hydroxyl groups excluding tert-OH is 1. The van der Waals surface area contributed by atoms with E-state index in [1.807, 2.05) is 13.8 Å². The van der Waals surface area contributed by atoms with Gasteiger partial charge in [-0.2, -0.15) is 0 Å². The quantitative estimate of drug-likeness (QED) is 0.332. The van der Waals surface area contributed by atoms with Crippen molar-refractivity contribution < 1.29 is 19.4 Å². The molecule has 1 amide bonds. The summed E-state index contributed by atoms with van der Waals surface area (Å²) in [5, 5.41) is 11.6. The molecule has 7 heteroatoms. The van der Waals surface area contributed by atoms with Gasteiger partial charge in [-0.05, 0) is 67.9 Å². The molecule has 3 aromatic rings. The number of rotatable bonds is 5. The van der Waals surface area contributed by atoms with Crippen molar-refractivity contribution in [3.63, 3.8) is 0 Å². The first-order valence-corrected chi connectivity index (χ1v) is 10.5. The number of aliphatic hydroxyl groups is 1. The van der Waals surface area contributed by atoms with Crippen molar-refractivity contribution in [2.75, 3.05) is 4.90 Å². The Balaban J connectivity index is 1.85. The third-order valence-corrected chi connectivity index (χ3v) is 5.28. The van der Waals surface area contributed by atoms with E-state index in [9.17, 15) is 14.7 Å². The van der Waals surface area contributed by atoms with Gasteiger partial charge in [0.05, 0.1) is 17.7 Å². The van der Waals surface area contributed by atoms with Gasteiger partial charge in [-0.1, -0.05) is 29.8 Å². The van der Waals surface area contributed by atoms with Crippen LogP contribution in [0, 0.1) is 0 Å². The molecule has 1 unspecified atom stereocenters. The van der Waals surface area contributed by atoms with Crippen molar-refractivity contribution in [1.82, 2.24) is 4.98 Å². The van der Waals surface area contributed by atoms with Crippen molar-refractivity contribution in [1.29, 1.82) is 0 Å². The monoisotopic (exact) mass is 448 g/mol. The summed E-state index contributed by atoms with van der Waals surface area (Å²) in [5.41, 5.74) is 1.01. The Labute approximate surface area is 190 Å². The van der Waals surface area contributed by atoms with Gasteiger partial charge < -0.3 is 9.84 Å². The molecule has 1 atom stereocenters. The van der Waals surface area contributed by atoms with Gasteiger partial charge in [0.25, 0.3) is 5.78 Å². The van der Waals surface area contributed by atoms with E-state index in [1.165, 1.54) is 4.90 Å². The predicted molar refractivity (Wildman–Crippen MR) is 123 cm³/mol. The number of hydrogen-bond acceptors (Lipinski definition) is 5. The highest BCUT2D eigenvalue weighted by molar-refractivity contribution is 6.51. The third-order valence-electron chi connectivity index (χ3n) is 5.03. The smallest absolute Gasteiger partial charge is 0.301 e. The Morgan fingerprint density at radius 2 is 1.72 bits per heavy atom. The van der Waals surface area contributed by atoms with Crippen LogP contribution in [0.25, 0.3) is 5.76 Å². The number of carbonyl (C=O) groups is 2. The molecule has 1 aliphatic rings. The average molecular weight is 449 g/mol. The third kappa shape index (κ3) is 4.09. The van der Waals surface area contributed by atoms with Crippen LogP contribution < -0.4 is 9.64 Å². The van der Waals surface area contributed by atoms with Gasteiger partial charge in [0.2, 0.25) is 0 Å². The lowest BCUT2D eigenvalue weighted by Gasteiger charge is -2.24. The number of ketones is 1. The van der Waals surface area contributed by atoms with Crippen molar-refractivity contribution in [3.05, 3.63) is 94.6 Å². The number of hydrogen-bond donors (Lipinski definition) is 1. The molecule has 0 aliphatic carbocycles. The van der Waals surface area contributed by atoms with E-state index in [0.717, 1.165) is 0 Å². The average Bonchev–Trinajstić information content (AvgIpc) is 3.05. The molecule has 1 saturated heterocycles. The molecule has 0 radical (unpaired) electrons. The summed E-state index contributed by atoms with van der Waals surface area (Å²) in [6.45, 7) is 3.83. The summed E-state index contributed by atoms with van der Waals surface area (Å²) in [4.78, 5) is 31.7. The second-order valence-corrected chi connectivity index (χ2v) is 8.04. The van der Waals surface area contributed by atoms with Crippen LogP contribution >= 0.6 is 11.6 Å². The zero-order valence-electron chi connectivity index (χ0n) is 17.5. The SMILES string of the molecule is CC(C)Oc1ccc(/C(O)=C2\C(=O)C(=O)N(c3ccccn3)C2c2ccc(Cl)cc2)cc1. The minimum Gasteiger partial charge on any atom is -0.507 e. The molecule has 1 N–H and O–H groups in total. The zero-order chi connectivity index (χ0) is 22.8. The number of ether oxygens (including phenoxy) is 1. The molecular weight excluding hydrogens is 428 g/mol. The fraction of sp³-hybridized carbons (Fsp3) is 0.160. The van der Waals surface area contributed by atoms with Gasteiger partial charge in [0.1, 0.15) is 17.3 Å². The molecule has 0 bridgehead atoms. The Morgan fingerprint density at radius 1 is 1.03 bits per heavy atom. The second kappa shape index (κ2) is 8.85. The Hall–Kier alpha value is -3.64. The summed E-state index contributed by atoms with van der Waals surface area (Å²) in [6, 6.07) is 17.8. The summed E-state index contributed by atoms with van der Waals surface area (Å²) >= 11 is 6.04. The van der Waals surface area contributed by atoms with Crippen LogP contribution in [0.5, 0.6) is 5.75 Å². The molecule has 32 heavy (non-hydrogen) atoms. The fourth-order valence-electron chi connectivity index (χ4n) is 3.64. The van der Waals surface area contributed by atoms with E-state index < -0.39 is 17.7 Å². The summed E-state index contributed by atoms with van der Waals surface area (Å²) in [6.07, 6.45) is 1.55. The van der Waals surface area contributed by atoms with Gasteiger partial charge >= 0.3 is 5.91 Å². The van der Waals surface area contributed by atoms with E-state index in [2.05, 4.69) is 4.98 Å². The maximum absolute atomic E-state index is 13.1. The molecule has 0 spiro atoms. The lowest BCUT2D eigenvalue weighted by atomic mass is 9.95. The highest BCUT2D eigenvalue weighted by Gasteiger charge is 2.47. The van der Waals surface area contributed by atoms with Gasteiger partial charge in [-0.25, -0.2) is 4.98 Å². The van der Waals surface area contributed by atoms with E-state index in [4.69, 9.17) is 16.3 Å². The van der Waals surface area contributed by atoms with Crippen molar-refractivity contribution in [2.24, 2.45) is 0 Å². The number of anilines is 1. The van der Waals surface area contributed by atoms with Gasteiger partial charge in [-0.3, -0.25) is 14.5 Å². The van der Waals surface area contributed by atoms with Gasteiger partial charge in [0.15, 0.2) is 0 Å². The van der Waals surface area contributed by atoms with Gasteiger partial charge in [0, 0.05) is 16.8 Å². The number of pyridine rings is 1. The maximum atomic E-state index is 13.1. The summed E-state index contributed by atoms with van der Waals surface area (Å²) in [7, 11) is 0. The molecule has 6 nitrogen and oxygen atoms in total. The molecule has 1 aliphatic heterocycles. The van der Waals surface area contributed by atoms with Crippen LogP contribution in [-0.4, -0.2) is 27.9 Å². The normalized spacial score (nSPS) is 17.8. The number of nitrogens with zero attached hydrogens (tertiary/aromatic N) is 2. The molecule has 162 valence electrons. The molecule has 1 fully saturated rings. The number of Topliss-reactive ketones (excluding diaryl/α,β-unsaturated/α-hetero) is 1. The first-order chi connectivity index (χ1) is 15.4. The van der Waals surface area contributed by atoms with Crippen molar-refractivity contribution in [2.45, 2.75) is 26.0 Å². The van der Waals surface area contributed by atoms with E-state index in [1.54, 1.807) is 72.9 Å². The van der Waals surface area contributed by atoms with Crippen LogP contribution in [-0.2, 0) is 9.59 Å². The summed E-state index contributed by atoms with van der Waals surface area (Å²) < 4.78 is 5.64. The highest BCUT2D eigenvalue weighted by Crippen LogP contribution is 2.41. The van der Waals surface area contributed by atoms with Crippen molar-refractivity contribution >= 4 is 34.9 Å². The second-order valence-electron chi connectivity index (χ2n) is 7.60. The molecular formula is C25H21ClN2O4. The number of amides is 1. The molecule has 0 saturated carbocycles. The molecule has 2 aromatic carbocycles. The number of halogens is 1. The molecule has 2 heterocycles. The van der Waals surface area contributed by atoms with E-state index in [0.29, 0.717) is 27.7 Å². The maximum Gasteiger partial charge on any atom is 0.301 e. The number of benzene rings is 2. The van der Waals surface area contributed by atoms with Crippen LogP contribution in [0.1, 0.15) is 31.0 Å². The van der Waals surface area contributed by atoms with E-state index in [-0.39, 0.29) is 17.4 Å². The van der Waals surface area contributed by atoms with Crippen LogP contribution in [0.2, 0.25) is 5.02 Å². The first-order valence-electron chi connectivity index (χ1n) is 10.1. The predicted octanol–water partition coefficient (Wildman–Crippen LogP) is 5.15. The number of aromatic nitrogens is 1. The lowest BCUT2D eigenvalue weighted by Crippen LogP contribution is -2.30. The zero-order valence-corrected chi connectivity index (χ0v) is 18.3. The molecule has 4 rings (SSSR count). The van der Waals surface area contributed by atoms with Crippen LogP contribution in [0.4, 0.5) is 5.82 Å². The summed E-state index contributed by atoms with van der Waals surface area (Å²) in [5.74, 6) is -0.854. The van der Waals surface area contributed by atoms with Crippen LogP contribution in [0.15, 0.2) is 78.5 Å².